The molecule has 0 spiro atoms. The number of carbonyl (C=O) groups excluding carboxylic acids is 2. The number of nitrogens with two attached hydrogens (primary N) is 1. The number of ether oxygens (including phenoxy) is 1. The molecule has 0 bridgehead atoms. The van der Waals surface area contributed by atoms with Crippen molar-refractivity contribution in [2.75, 3.05) is 23.5 Å². The third-order valence-electron chi connectivity index (χ3n) is 4.09. The first-order valence-corrected chi connectivity index (χ1v) is 10.2. The number of nitrogens with one attached hydrogen (secondary N) is 2. The van der Waals surface area contributed by atoms with Crippen LogP contribution < -0.4 is 21.2 Å². The Labute approximate surface area is 192 Å². The van der Waals surface area contributed by atoms with E-state index in [1.807, 2.05) is 5.32 Å². The molecular weight excluding hydrogens is 487 g/mol. The Morgan fingerprint density at radius 1 is 1.03 bits per heavy atom. The SMILES string of the molecule is Nn1c(SCC(=O)NCC(=O)Nc2ccc(F)c(F)c2F)nnc1-c1ccc(OC(F)F)cc1. The topological polar surface area (TPSA) is 124 Å². The Morgan fingerprint density at radius 3 is 2.41 bits per heavy atom. The van der Waals surface area contributed by atoms with E-state index in [1.165, 1.54) is 24.3 Å². The summed E-state index contributed by atoms with van der Waals surface area (Å²) in [5.74, 6) is -0.345. The van der Waals surface area contributed by atoms with Crippen molar-refractivity contribution in [2.45, 2.75) is 11.8 Å². The lowest BCUT2D eigenvalue weighted by Gasteiger charge is -2.08. The van der Waals surface area contributed by atoms with Gasteiger partial charge in [-0.25, -0.2) is 17.8 Å². The van der Waals surface area contributed by atoms with Gasteiger partial charge in [-0.2, -0.15) is 8.78 Å². The maximum atomic E-state index is 13.6. The van der Waals surface area contributed by atoms with Crippen molar-refractivity contribution in [2.24, 2.45) is 0 Å². The fourth-order valence-corrected chi connectivity index (χ4v) is 3.22. The number of benzene rings is 2. The Balaban J connectivity index is 1.50. The average molecular weight is 502 g/mol. The number of halogens is 5. The summed E-state index contributed by atoms with van der Waals surface area (Å²) in [5, 5.41) is 12.2. The zero-order valence-electron chi connectivity index (χ0n) is 16.9. The number of nitrogen functional groups attached to an aromatic ring is 1. The van der Waals surface area contributed by atoms with E-state index in [0.29, 0.717) is 11.6 Å². The first-order valence-electron chi connectivity index (χ1n) is 9.24. The van der Waals surface area contributed by atoms with Crippen molar-refractivity contribution < 1.29 is 36.3 Å². The number of carbonyl (C=O) groups is 2. The summed E-state index contributed by atoms with van der Waals surface area (Å²) >= 11 is 0.889. The number of rotatable bonds is 9. The van der Waals surface area contributed by atoms with Crippen LogP contribution >= 0.6 is 11.8 Å². The zero-order valence-corrected chi connectivity index (χ0v) is 17.7. The van der Waals surface area contributed by atoms with Crippen molar-refractivity contribution in [3.8, 4) is 17.1 Å². The summed E-state index contributed by atoms with van der Waals surface area (Å²) in [6.07, 6.45) is 0. The third-order valence-corrected chi connectivity index (χ3v) is 5.03. The van der Waals surface area contributed by atoms with E-state index in [4.69, 9.17) is 5.84 Å². The van der Waals surface area contributed by atoms with Crippen molar-refractivity contribution in [3.63, 3.8) is 0 Å². The van der Waals surface area contributed by atoms with Gasteiger partial charge >= 0.3 is 6.61 Å². The van der Waals surface area contributed by atoms with Crippen LogP contribution in [0.1, 0.15) is 0 Å². The van der Waals surface area contributed by atoms with Crippen LogP contribution in [0.5, 0.6) is 5.75 Å². The van der Waals surface area contributed by atoms with Crippen LogP contribution in [0, 0.1) is 17.5 Å². The summed E-state index contributed by atoms with van der Waals surface area (Å²) in [4.78, 5) is 23.8. The molecule has 15 heteroatoms. The normalized spacial score (nSPS) is 10.9. The second kappa shape index (κ2) is 10.8. The van der Waals surface area contributed by atoms with Gasteiger partial charge in [-0.1, -0.05) is 11.8 Å². The van der Waals surface area contributed by atoms with Gasteiger partial charge in [-0.15, -0.1) is 10.2 Å². The van der Waals surface area contributed by atoms with E-state index < -0.39 is 48.1 Å². The summed E-state index contributed by atoms with van der Waals surface area (Å²) in [7, 11) is 0. The minimum Gasteiger partial charge on any atom is -0.435 e. The lowest BCUT2D eigenvalue weighted by Crippen LogP contribution is -2.34. The largest absolute Gasteiger partial charge is 0.435 e. The number of thioether (sulfide) groups is 1. The number of alkyl halides is 2. The maximum absolute atomic E-state index is 13.6. The van der Waals surface area contributed by atoms with Gasteiger partial charge in [0.05, 0.1) is 18.0 Å². The van der Waals surface area contributed by atoms with Crippen LogP contribution in [0.15, 0.2) is 41.6 Å². The van der Waals surface area contributed by atoms with Crippen LogP contribution in [0.25, 0.3) is 11.4 Å². The van der Waals surface area contributed by atoms with Gasteiger partial charge in [0.1, 0.15) is 5.75 Å². The molecular formula is C19H15F5N6O3S. The standard InChI is InChI=1S/C19H15F5N6O3S/c20-11-5-6-12(16(22)15(11)21)27-13(31)7-26-14(32)8-34-19-29-28-17(30(19)25)9-1-3-10(4-2-9)33-18(23)24/h1-6,18H,7-8,25H2,(H,26,32)(H,27,31). The lowest BCUT2D eigenvalue weighted by molar-refractivity contribution is -0.122. The number of hydrogen-bond acceptors (Lipinski definition) is 7. The molecule has 9 nitrogen and oxygen atoms in total. The molecule has 0 atom stereocenters. The minimum atomic E-state index is -2.96. The van der Waals surface area contributed by atoms with Gasteiger partial charge in [0.2, 0.25) is 17.0 Å². The van der Waals surface area contributed by atoms with Crippen LogP contribution in [0.2, 0.25) is 0 Å². The summed E-state index contributed by atoms with van der Waals surface area (Å²) in [6.45, 7) is -3.53. The van der Waals surface area contributed by atoms with E-state index in [1.54, 1.807) is 0 Å². The first-order chi connectivity index (χ1) is 16.2. The Bertz CT molecular complexity index is 1190. The number of aromatic nitrogens is 3. The molecule has 0 unspecified atom stereocenters. The van der Waals surface area contributed by atoms with Gasteiger partial charge < -0.3 is 21.2 Å². The molecule has 0 saturated heterocycles. The maximum Gasteiger partial charge on any atom is 0.387 e. The zero-order chi connectivity index (χ0) is 24.8. The second-order valence-electron chi connectivity index (χ2n) is 6.42. The minimum absolute atomic E-state index is 0.0514. The average Bonchev–Trinajstić information content (AvgIpc) is 3.17. The van der Waals surface area contributed by atoms with E-state index in [2.05, 4.69) is 20.3 Å². The van der Waals surface area contributed by atoms with Gasteiger partial charge in [0.15, 0.2) is 23.3 Å². The number of hydrogen-bond donors (Lipinski definition) is 3. The Morgan fingerprint density at radius 2 is 1.74 bits per heavy atom. The highest BCUT2D eigenvalue weighted by Gasteiger charge is 2.17. The molecule has 180 valence electrons. The Kier molecular flexibility index (Phi) is 7.88. The van der Waals surface area contributed by atoms with Crippen molar-refractivity contribution >= 4 is 29.3 Å². The smallest absolute Gasteiger partial charge is 0.387 e. The molecule has 3 rings (SSSR count). The monoisotopic (exact) mass is 502 g/mol. The van der Waals surface area contributed by atoms with Gasteiger partial charge in [-0.3, -0.25) is 9.59 Å². The van der Waals surface area contributed by atoms with Crippen LogP contribution in [0.3, 0.4) is 0 Å². The molecule has 2 aromatic carbocycles. The Hall–Kier alpha value is -3.88. The van der Waals surface area contributed by atoms with Crippen LogP contribution in [-0.2, 0) is 9.59 Å². The van der Waals surface area contributed by atoms with E-state index >= 15 is 0 Å². The number of amides is 2. The highest BCUT2D eigenvalue weighted by Crippen LogP contribution is 2.24. The van der Waals surface area contributed by atoms with E-state index in [0.717, 1.165) is 22.5 Å². The molecule has 2 amide bonds. The molecule has 0 fully saturated rings. The second-order valence-corrected chi connectivity index (χ2v) is 7.36. The molecule has 0 radical (unpaired) electrons. The molecule has 1 heterocycles. The van der Waals surface area contributed by atoms with Crippen molar-refractivity contribution in [1.82, 2.24) is 20.2 Å². The molecule has 3 aromatic rings. The molecule has 4 N–H and O–H groups in total. The van der Waals surface area contributed by atoms with Crippen LogP contribution in [0.4, 0.5) is 27.6 Å². The molecule has 0 saturated carbocycles. The first kappa shape index (κ1) is 24.8. The molecule has 0 aliphatic heterocycles. The van der Waals surface area contributed by atoms with Gasteiger partial charge in [0, 0.05) is 5.56 Å². The van der Waals surface area contributed by atoms with Crippen molar-refractivity contribution in [1.29, 1.82) is 0 Å². The predicted molar refractivity (Wildman–Crippen MR) is 111 cm³/mol. The summed E-state index contributed by atoms with van der Waals surface area (Å²) in [6, 6.07) is 6.98. The fourth-order valence-electron chi connectivity index (χ4n) is 2.53. The molecule has 1 aromatic heterocycles. The molecule has 0 aliphatic carbocycles. The van der Waals surface area contributed by atoms with Crippen molar-refractivity contribution in [3.05, 3.63) is 53.8 Å². The number of nitrogens with zero attached hydrogens (tertiary/aromatic N) is 3. The highest BCUT2D eigenvalue weighted by molar-refractivity contribution is 7.99. The number of anilines is 1. The summed E-state index contributed by atoms with van der Waals surface area (Å²) in [5.41, 5.74) is -0.126. The molecule has 0 aliphatic rings. The summed E-state index contributed by atoms with van der Waals surface area (Å²) < 4.78 is 69.5. The molecule has 34 heavy (non-hydrogen) atoms. The lowest BCUT2D eigenvalue weighted by atomic mass is 10.2. The highest BCUT2D eigenvalue weighted by atomic mass is 32.2. The third kappa shape index (κ3) is 6.12. The van der Waals surface area contributed by atoms with Gasteiger partial charge in [0.25, 0.3) is 0 Å². The van der Waals surface area contributed by atoms with E-state index in [9.17, 15) is 31.5 Å². The predicted octanol–water partition coefficient (Wildman–Crippen LogP) is 2.52. The van der Waals surface area contributed by atoms with Crippen LogP contribution in [-0.4, -0.2) is 45.6 Å². The van der Waals surface area contributed by atoms with Gasteiger partial charge in [-0.05, 0) is 36.4 Å². The van der Waals surface area contributed by atoms with E-state index in [-0.39, 0.29) is 22.5 Å². The fraction of sp³-hybridized carbons (Fsp3) is 0.158. The quantitative estimate of drug-likeness (QED) is 0.178.